The molecular formula is C57H100S11. The summed E-state index contributed by atoms with van der Waals surface area (Å²) in [6, 6.07) is 0. The smallest absolute Gasteiger partial charge is 0.110 e. The summed E-state index contributed by atoms with van der Waals surface area (Å²) in [6.45, 7) is 9.28. The van der Waals surface area contributed by atoms with Crippen LogP contribution in [0.4, 0.5) is 0 Å². The highest BCUT2D eigenvalue weighted by atomic mass is 32.3. The number of unbranched alkanes of at least 4 members (excludes halogenated alkanes) is 36. The SMILES string of the molecule is CCCCCCCCCCCCSC1=C(SCCCCCCCCCCCC)SC(=c2sc(=S)c(=C3SC(SCCCCCCCCCCCC)=C(SCCCCCCCCCCCC)S3)s2)S1. The molecular weight excluding hydrogens is 1040 g/mol. The van der Waals surface area contributed by atoms with Gasteiger partial charge in [0.2, 0.25) is 0 Å². The topological polar surface area (TPSA) is 0 Å². The van der Waals surface area contributed by atoms with E-state index in [1.165, 1.54) is 297 Å². The Kier molecular flexibility index (Phi) is 44.2. The van der Waals surface area contributed by atoms with E-state index in [0.717, 1.165) is 3.82 Å². The molecule has 2 aliphatic heterocycles. The van der Waals surface area contributed by atoms with Crippen molar-refractivity contribution >= 4 is 137 Å². The first-order valence-corrected chi connectivity index (χ1v) is 38.0. The molecule has 0 atom stereocenters. The Balaban J connectivity index is 1.60. The van der Waals surface area contributed by atoms with E-state index in [0.29, 0.717) is 0 Å². The summed E-state index contributed by atoms with van der Waals surface area (Å²) in [6.07, 6.45) is 56.4. The van der Waals surface area contributed by atoms with Crippen LogP contribution >= 0.6 is 129 Å². The molecule has 68 heavy (non-hydrogen) atoms. The molecule has 394 valence electrons. The Labute approximate surface area is 469 Å². The van der Waals surface area contributed by atoms with Crippen LogP contribution in [0.25, 0.3) is 8.47 Å². The van der Waals surface area contributed by atoms with E-state index in [2.05, 4.69) is 122 Å². The minimum absolute atomic E-state index is 1.11. The summed E-state index contributed by atoms with van der Waals surface area (Å²) >= 11 is 27.1. The fourth-order valence-corrected chi connectivity index (χ4v) is 24.3. The highest BCUT2D eigenvalue weighted by Gasteiger charge is 2.26. The average Bonchev–Trinajstić information content (AvgIpc) is 4.07. The summed E-state index contributed by atoms with van der Waals surface area (Å²) in [5, 5.41) is 0. The van der Waals surface area contributed by atoms with Gasteiger partial charge < -0.3 is 0 Å². The number of rotatable bonds is 48. The Bertz CT molecular complexity index is 1530. The Morgan fingerprint density at radius 1 is 0.279 bits per heavy atom. The Hall–Kier alpha value is 2.29. The van der Waals surface area contributed by atoms with Crippen molar-refractivity contribution in [3.8, 4) is 0 Å². The molecule has 0 amide bonds. The van der Waals surface area contributed by atoms with Crippen molar-refractivity contribution in [1.29, 1.82) is 0 Å². The highest BCUT2D eigenvalue weighted by molar-refractivity contribution is 8.46. The van der Waals surface area contributed by atoms with Gasteiger partial charge >= 0.3 is 0 Å². The van der Waals surface area contributed by atoms with Gasteiger partial charge in [-0.15, -0.1) is 69.7 Å². The van der Waals surface area contributed by atoms with E-state index in [-0.39, 0.29) is 0 Å². The molecule has 0 N–H and O–H groups in total. The predicted molar refractivity (Wildman–Crippen MR) is 341 cm³/mol. The van der Waals surface area contributed by atoms with Gasteiger partial charge in [0.25, 0.3) is 0 Å². The summed E-state index contributed by atoms with van der Waals surface area (Å²) < 4.78 is 13.2. The van der Waals surface area contributed by atoms with Crippen molar-refractivity contribution in [3.63, 3.8) is 0 Å². The molecule has 0 saturated heterocycles. The van der Waals surface area contributed by atoms with Gasteiger partial charge in [-0.3, -0.25) is 0 Å². The van der Waals surface area contributed by atoms with Crippen molar-refractivity contribution < 1.29 is 0 Å². The van der Waals surface area contributed by atoms with Gasteiger partial charge in [-0.25, -0.2) is 0 Å². The summed E-state index contributed by atoms with van der Waals surface area (Å²) in [5.41, 5.74) is 0. The molecule has 0 fully saturated rings. The molecule has 2 aliphatic rings. The van der Waals surface area contributed by atoms with Crippen LogP contribution in [0.2, 0.25) is 0 Å². The fourth-order valence-electron chi connectivity index (χ4n) is 8.59. The van der Waals surface area contributed by atoms with Gasteiger partial charge in [-0.05, 0) is 48.7 Å². The molecule has 0 bridgehead atoms. The van der Waals surface area contributed by atoms with E-state index >= 15 is 0 Å². The molecule has 0 spiro atoms. The summed E-state index contributed by atoms with van der Waals surface area (Å²) in [7, 11) is 0. The van der Waals surface area contributed by atoms with Crippen LogP contribution in [0.5, 0.6) is 0 Å². The Morgan fingerprint density at radius 2 is 0.500 bits per heavy atom. The lowest BCUT2D eigenvalue weighted by Gasteiger charge is -2.06. The maximum Gasteiger partial charge on any atom is 0.110 e. The Morgan fingerprint density at radius 3 is 0.750 bits per heavy atom. The molecule has 3 rings (SSSR count). The van der Waals surface area contributed by atoms with E-state index in [9.17, 15) is 0 Å². The van der Waals surface area contributed by atoms with Crippen LogP contribution in [0.1, 0.15) is 285 Å². The second-order valence-corrected chi connectivity index (χ2v) is 32.4. The molecule has 0 nitrogen and oxygen atoms in total. The molecule has 0 unspecified atom stereocenters. The summed E-state index contributed by atoms with van der Waals surface area (Å²) in [4.78, 5) is 0. The standard InChI is InChI=1S/C57H100S11/c1-5-9-13-17-21-25-29-33-37-41-45-59-52-53(60-46-42-38-34-30-26-22-18-14-10-6-2)66-51(65-52)49-50(58)64-56(63-49)57-67-54(61-47-43-39-35-31-27-23-19-15-11-7-3)55(68-57)62-48-44-40-36-32-28-24-20-16-12-8-4/h5-48H2,1-4H3. The van der Waals surface area contributed by atoms with E-state index in [4.69, 9.17) is 12.2 Å². The number of hydrogen-bond acceptors (Lipinski definition) is 11. The van der Waals surface area contributed by atoms with Crippen molar-refractivity contribution in [2.75, 3.05) is 23.0 Å². The van der Waals surface area contributed by atoms with Gasteiger partial charge in [0.1, 0.15) is 7.67 Å². The minimum Gasteiger partial charge on any atom is -0.119 e. The number of hydrogen-bond donors (Lipinski definition) is 0. The maximum atomic E-state index is 6.26. The van der Waals surface area contributed by atoms with Crippen LogP contribution in [0.3, 0.4) is 0 Å². The van der Waals surface area contributed by atoms with E-state index < -0.39 is 0 Å². The van der Waals surface area contributed by atoms with E-state index in [1.54, 1.807) is 16.9 Å². The molecule has 0 radical (unpaired) electrons. The van der Waals surface area contributed by atoms with Crippen molar-refractivity contribution in [1.82, 2.24) is 0 Å². The molecule has 1 aromatic rings. The van der Waals surface area contributed by atoms with Crippen LogP contribution in [-0.4, -0.2) is 23.0 Å². The van der Waals surface area contributed by atoms with E-state index in [1.807, 2.05) is 22.7 Å². The lowest BCUT2D eigenvalue weighted by molar-refractivity contribution is 0.563. The summed E-state index contributed by atoms with van der Waals surface area (Å²) in [5.74, 6) is 5.03. The molecule has 0 saturated carbocycles. The third-order valence-electron chi connectivity index (χ3n) is 12.9. The van der Waals surface area contributed by atoms with Crippen molar-refractivity contribution in [2.45, 2.75) is 285 Å². The quantitative estimate of drug-likeness (QED) is 0.0458. The van der Waals surface area contributed by atoms with Crippen LogP contribution in [0, 0.1) is 3.82 Å². The van der Waals surface area contributed by atoms with Gasteiger partial charge in [0.15, 0.2) is 0 Å². The van der Waals surface area contributed by atoms with Gasteiger partial charge in [-0.2, -0.15) is 0 Å². The predicted octanol–water partition coefficient (Wildman–Crippen LogP) is 24.5. The molecule has 3 heterocycles. The van der Waals surface area contributed by atoms with Crippen LogP contribution in [0.15, 0.2) is 16.9 Å². The molecule has 1 aromatic heterocycles. The van der Waals surface area contributed by atoms with Gasteiger partial charge in [0.05, 0.1) is 30.0 Å². The zero-order valence-electron chi connectivity index (χ0n) is 44.1. The van der Waals surface area contributed by atoms with Crippen molar-refractivity contribution in [2.24, 2.45) is 0 Å². The lowest BCUT2D eigenvalue weighted by atomic mass is 10.1. The third kappa shape index (κ3) is 32.0. The van der Waals surface area contributed by atoms with Gasteiger partial charge in [0, 0.05) is 0 Å². The zero-order chi connectivity index (χ0) is 48.4. The first-order valence-electron chi connectivity index (χ1n) is 28.7. The second kappa shape index (κ2) is 46.6. The van der Waals surface area contributed by atoms with Crippen LogP contribution < -0.4 is 8.38 Å². The average molecular weight is 1140 g/mol. The zero-order valence-corrected chi connectivity index (χ0v) is 53.1. The number of thioether (sulfide) groups is 8. The largest absolute Gasteiger partial charge is 0.119 e. The molecule has 11 heteroatoms. The van der Waals surface area contributed by atoms with Crippen LogP contribution in [-0.2, 0) is 0 Å². The third-order valence-corrected chi connectivity index (χ3v) is 28.1. The second-order valence-electron chi connectivity index (χ2n) is 19.4. The minimum atomic E-state index is 1.11. The lowest BCUT2D eigenvalue weighted by Crippen LogP contribution is -1.96. The first-order chi connectivity index (χ1) is 33.6. The fraction of sp³-hybridized carbons (Fsp3) is 0.842. The monoisotopic (exact) mass is 1140 g/mol. The maximum absolute atomic E-state index is 6.26. The molecule has 0 aromatic carbocycles. The first kappa shape index (κ1) is 64.6. The molecule has 0 aliphatic carbocycles. The normalized spacial score (nSPS) is 14.3. The van der Waals surface area contributed by atoms with Crippen molar-refractivity contribution in [3.05, 3.63) is 29.2 Å². The van der Waals surface area contributed by atoms with Gasteiger partial charge in [-0.1, -0.05) is 318 Å². The highest BCUT2D eigenvalue weighted by Crippen LogP contribution is 2.59.